The second-order valence-corrected chi connectivity index (χ2v) is 5.21. The number of ether oxygens (including phenoxy) is 1. The van der Waals surface area contributed by atoms with E-state index in [-0.39, 0.29) is 11.9 Å². The van der Waals surface area contributed by atoms with Crippen LogP contribution in [0.15, 0.2) is 0 Å². The fourth-order valence-electron chi connectivity index (χ4n) is 2.91. The zero-order valence-electron chi connectivity index (χ0n) is 10.9. The van der Waals surface area contributed by atoms with Crippen molar-refractivity contribution in [3.05, 3.63) is 0 Å². The average molecular weight is 240 g/mol. The molecule has 2 saturated heterocycles. The second-order valence-electron chi connectivity index (χ2n) is 5.21. The van der Waals surface area contributed by atoms with Gasteiger partial charge in [-0.2, -0.15) is 0 Å². The Morgan fingerprint density at radius 1 is 1.12 bits per heavy atom. The summed E-state index contributed by atoms with van der Waals surface area (Å²) in [4.78, 5) is 16.5. The van der Waals surface area contributed by atoms with Gasteiger partial charge in [-0.25, -0.2) is 0 Å². The number of rotatable bonds is 4. The van der Waals surface area contributed by atoms with Gasteiger partial charge in [-0.1, -0.05) is 0 Å². The van der Waals surface area contributed by atoms with Gasteiger partial charge in [-0.3, -0.25) is 4.79 Å². The molecule has 4 heteroatoms. The molecule has 0 aromatic rings. The Morgan fingerprint density at radius 2 is 1.76 bits per heavy atom. The van der Waals surface area contributed by atoms with E-state index in [1.54, 1.807) is 0 Å². The summed E-state index contributed by atoms with van der Waals surface area (Å²) in [5.41, 5.74) is 0. The van der Waals surface area contributed by atoms with Crippen LogP contribution in [0.4, 0.5) is 0 Å². The number of esters is 1. The highest BCUT2D eigenvalue weighted by atomic mass is 16.5. The maximum atomic E-state index is 11.5. The molecule has 2 fully saturated rings. The number of carbonyl (C=O) groups is 1. The lowest BCUT2D eigenvalue weighted by molar-refractivity contribution is -0.147. The van der Waals surface area contributed by atoms with Gasteiger partial charge in [-0.15, -0.1) is 0 Å². The van der Waals surface area contributed by atoms with Crippen molar-refractivity contribution in [3.63, 3.8) is 0 Å². The van der Waals surface area contributed by atoms with Gasteiger partial charge < -0.3 is 14.5 Å². The Bertz CT molecular complexity index is 252. The molecule has 0 aromatic heterocycles. The highest BCUT2D eigenvalue weighted by Crippen LogP contribution is 2.17. The average Bonchev–Trinajstić information content (AvgIpc) is 2.89. The Kier molecular flexibility index (Phi) is 4.80. The molecule has 0 spiro atoms. The summed E-state index contributed by atoms with van der Waals surface area (Å²) in [7, 11) is 1.49. The Morgan fingerprint density at radius 3 is 2.47 bits per heavy atom. The topological polar surface area (TPSA) is 32.8 Å². The number of hydrogen-bond acceptors (Lipinski definition) is 4. The van der Waals surface area contributed by atoms with Crippen LogP contribution in [0.1, 0.15) is 25.7 Å². The highest BCUT2D eigenvalue weighted by molar-refractivity contribution is 5.72. The van der Waals surface area contributed by atoms with Crippen molar-refractivity contribution >= 4 is 5.97 Å². The molecule has 4 nitrogen and oxygen atoms in total. The highest BCUT2D eigenvalue weighted by Gasteiger charge is 2.26. The van der Waals surface area contributed by atoms with E-state index in [4.69, 9.17) is 4.74 Å². The molecule has 98 valence electrons. The van der Waals surface area contributed by atoms with Crippen molar-refractivity contribution in [3.8, 4) is 0 Å². The maximum Gasteiger partial charge on any atom is 0.309 e. The monoisotopic (exact) mass is 240 g/mol. The largest absolute Gasteiger partial charge is 0.469 e. The first-order chi connectivity index (χ1) is 8.29. The van der Waals surface area contributed by atoms with E-state index in [1.165, 1.54) is 33.0 Å². The van der Waals surface area contributed by atoms with Gasteiger partial charge in [0.2, 0.25) is 0 Å². The van der Waals surface area contributed by atoms with E-state index in [0.717, 1.165) is 39.0 Å². The molecule has 0 N–H and O–H groups in total. The summed E-state index contributed by atoms with van der Waals surface area (Å²) in [6, 6.07) is 0. The maximum absolute atomic E-state index is 11.5. The Balaban J connectivity index is 1.71. The van der Waals surface area contributed by atoms with Crippen molar-refractivity contribution in [2.45, 2.75) is 25.7 Å². The van der Waals surface area contributed by atoms with E-state index in [2.05, 4.69) is 9.80 Å². The normalized spacial score (nSPS) is 27.2. The van der Waals surface area contributed by atoms with Crippen LogP contribution in [0.2, 0.25) is 0 Å². The van der Waals surface area contributed by atoms with E-state index in [1.807, 2.05) is 0 Å². The number of piperidine rings is 1. The first-order valence-electron chi connectivity index (χ1n) is 6.82. The predicted octanol–water partition coefficient (Wildman–Crippen LogP) is 0.967. The van der Waals surface area contributed by atoms with Crippen molar-refractivity contribution in [2.75, 3.05) is 46.4 Å². The first-order valence-corrected chi connectivity index (χ1v) is 6.82. The molecular formula is C13H24N2O2. The van der Waals surface area contributed by atoms with Gasteiger partial charge in [0, 0.05) is 19.6 Å². The molecule has 2 aliphatic rings. The van der Waals surface area contributed by atoms with Gasteiger partial charge in [0.05, 0.1) is 13.0 Å². The lowest BCUT2D eigenvalue weighted by atomic mass is 9.98. The quantitative estimate of drug-likeness (QED) is 0.685. The zero-order chi connectivity index (χ0) is 12.1. The summed E-state index contributed by atoms with van der Waals surface area (Å²) < 4.78 is 4.84. The molecule has 0 aliphatic carbocycles. The van der Waals surface area contributed by atoms with Crippen molar-refractivity contribution in [1.29, 1.82) is 0 Å². The minimum atomic E-state index is -0.0316. The number of nitrogens with zero attached hydrogens (tertiary/aromatic N) is 2. The van der Waals surface area contributed by atoms with Crippen LogP contribution in [0.25, 0.3) is 0 Å². The van der Waals surface area contributed by atoms with Crippen LogP contribution in [-0.4, -0.2) is 62.1 Å². The Labute approximate surface area is 104 Å². The number of methoxy groups -OCH3 is 1. The van der Waals surface area contributed by atoms with E-state index in [0.29, 0.717) is 0 Å². The van der Waals surface area contributed by atoms with E-state index < -0.39 is 0 Å². The van der Waals surface area contributed by atoms with Crippen LogP contribution < -0.4 is 0 Å². The minimum Gasteiger partial charge on any atom is -0.469 e. The third kappa shape index (κ3) is 3.68. The van der Waals surface area contributed by atoms with E-state index in [9.17, 15) is 4.79 Å². The Hall–Kier alpha value is -0.610. The van der Waals surface area contributed by atoms with Crippen LogP contribution in [0.3, 0.4) is 0 Å². The molecule has 1 unspecified atom stereocenters. The molecule has 2 heterocycles. The van der Waals surface area contributed by atoms with Crippen LogP contribution in [-0.2, 0) is 9.53 Å². The molecule has 0 saturated carbocycles. The number of carbonyl (C=O) groups excluding carboxylic acids is 1. The molecule has 2 rings (SSSR count). The molecule has 0 bridgehead atoms. The van der Waals surface area contributed by atoms with Gasteiger partial charge in [0.15, 0.2) is 0 Å². The fourth-order valence-corrected chi connectivity index (χ4v) is 2.91. The van der Waals surface area contributed by atoms with Gasteiger partial charge in [0.25, 0.3) is 0 Å². The molecular weight excluding hydrogens is 216 g/mol. The van der Waals surface area contributed by atoms with Crippen LogP contribution >= 0.6 is 0 Å². The third-order valence-electron chi connectivity index (χ3n) is 3.97. The zero-order valence-corrected chi connectivity index (χ0v) is 10.9. The van der Waals surface area contributed by atoms with Crippen molar-refractivity contribution in [1.82, 2.24) is 9.80 Å². The summed E-state index contributed by atoms with van der Waals surface area (Å²) in [5, 5.41) is 0. The molecule has 0 aromatic carbocycles. The summed E-state index contributed by atoms with van der Waals surface area (Å²) in [5.74, 6) is 0.0724. The van der Waals surface area contributed by atoms with Gasteiger partial charge >= 0.3 is 5.97 Å². The number of hydrogen-bond donors (Lipinski definition) is 0. The van der Waals surface area contributed by atoms with Crippen LogP contribution in [0, 0.1) is 5.92 Å². The predicted molar refractivity (Wildman–Crippen MR) is 66.9 cm³/mol. The third-order valence-corrected chi connectivity index (χ3v) is 3.97. The van der Waals surface area contributed by atoms with Gasteiger partial charge in [0.1, 0.15) is 0 Å². The second kappa shape index (κ2) is 6.36. The smallest absolute Gasteiger partial charge is 0.309 e. The lowest BCUT2D eigenvalue weighted by Gasteiger charge is -2.32. The summed E-state index contributed by atoms with van der Waals surface area (Å²) in [6.45, 7) is 6.81. The van der Waals surface area contributed by atoms with Gasteiger partial charge in [-0.05, 0) is 45.3 Å². The number of likely N-dealkylation sites (tertiary alicyclic amines) is 2. The van der Waals surface area contributed by atoms with Crippen LogP contribution in [0.5, 0.6) is 0 Å². The molecule has 1 atom stereocenters. The van der Waals surface area contributed by atoms with Crippen molar-refractivity contribution < 1.29 is 9.53 Å². The molecule has 2 aliphatic heterocycles. The summed E-state index contributed by atoms with van der Waals surface area (Å²) >= 11 is 0. The fraction of sp³-hybridized carbons (Fsp3) is 0.923. The first kappa shape index (κ1) is 12.8. The summed E-state index contributed by atoms with van der Waals surface area (Å²) in [6.07, 6.45) is 4.82. The SMILES string of the molecule is COC(=O)C1CCCN(CCN2CCCC2)C1. The molecule has 0 amide bonds. The lowest BCUT2D eigenvalue weighted by Crippen LogP contribution is -2.42. The minimum absolute atomic E-state index is 0.0316. The van der Waals surface area contributed by atoms with Crippen molar-refractivity contribution in [2.24, 2.45) is 5.92 Å². The molecule has 0 radical (unpaired) electrons. The standard InChI is InChI=1S/C13H24N2O2/c1-17-13(16)12-5-4-8-15(11-12)10-9-14-6-2-3-7-14/h12H,2-11H2,1H3. The molecule has 17 heavy (non-hydrogen) atoms. The van der Waals surface area contributed by atoms with E-state index >= 15 is 0 Å².